The van der Waals surface area contributed by atoms with Crippen LogP contribution in [0, 0.1) is 0 Å². The predicted octanol–water partition coefficient (Wildman–Crippen LogP) is 3.97. The Kier molecular flexibility index (Phi) is 5.79. The van der Waals surface area contributed by atoms with E-state index in [1.165, 1.54) is 5.56 Å². The molecule has 3 aromatic rings. The molecule has 1 saturated heterocycles. The van der Waals surface area contributed by atoms with Gasteiger partial charge >= 0.3 is 0 Å². The van der Waals surface area contributed by atoms with E-state index in [0.29, 0.717) is 12.2 Å². The number of nitrogens with zero attached hydrogens (tertiary/aromatic N) is 4. The van der Waals surface area contributed by atoms with E-state index in [4.69, 9.17) is 4.42 Å². The van der Waals surface area contributed by atoms with Crippen molar-refractivity contribution in [3.8, 4) is 0 Å². The van der Waals surface area contributed by atoms with Gasteiger partial charge in [-0.3, -0.25) is 9.48 Å². The molecule has 6 heteroatoms. The number of likely N-dealkylation sites (tertiary alicyclic amines) is 1. The van der Waals surface area contributed by atoms with E-state index >= 15 is 0 Å². The highest BCUT2D eigenvalue weighted by Crippen LogP contribution is 2.28. The van der Waals surface area contributed by atoms with Gasteiger partial charge in [0.1, 0.15) is 11.5 Å². The third-order valence-electron chi connectivity index (χ3n) is 5.51. The van der Waals surface area contributed by atoms with Crippen molar-refractivity contribution in [2.75, 3.05) is 13.1 Å². The molecule has 1 fully saturated rings. The highest BCUT2D eigenvalue weighted by atomic mass is 16.4. The van der Waals surface area contributed by atoms with Crippen LogP contribution in [0.2, 0.25) is 0 Å². The van der Waals surface area contributed by atoms with Gasteiger partial charge in [0.05, 0.1) is 17.8 Å². The SMILES string of the molecule is CCCc1cc(C(=O)N2CCC[C@H](c3ncc(Cc4ccccc4)o3)C2)n(C)n1. The van der Waals surface area contributed by atoms with Crippen molar-refractivity contribution in [3.63, 3.8) is 0 Å². The molecule has 6 nitrogen and oxygen atoms in total. The van der Waals surface area contributed by atoms with E-state index in [0.717, 1.165) is 56.0 Å². The smallest absolute Gasteiger partial charge is 0.272 e. The molecule has 3 heterocycles. The minimum atomic E-state index is 0.0446. The van der Waals surface area contributed by atoms with E-state index in [9.17, 15) is 4.79 Å². The lowest BCUT2D eigenvalue weighted by Crippen LogP contribution is -2.40. The van der Waals surface area contributed by atoms with E-state index in [1.54, 1.807) is 4.68 Å². The van der Waals surface area contributed by atoms with Gasteiger partial charge in [-0.15, -0.1) is 0 Å². The van der Waals surface area contributed by atoms with Crippen molar-refractivity contribution in [3.05, 3.63) is 71.2 Å². The molecule has 0 saturated carbocycles. The van der Waals surface area contributed by atoms with Crippen molar-refractivity contribution >= 4 is 5.91 Å². The summed E-state index contributed by atoms with van der Waals surface area (Å²) < 4.78 is 7.76. The Labute approximate surface area is 171 Å². The number of amides is 1. The van der Waals surface area contributed by atoms with Crippen molar-refractivity contribution < 1.29 is 9.21 Å². The fourth-order valence-electron chi connectivity index (χ4n) is 4.02. The zero-order valence-corrected chi connectivity index (χ0v) is 17.2. The van der Waals surface area contributed by atoms with Gasteiger partial charge in [-0.1, -0.05) is 43.7 Å². The molecule has 29 heavy (non-hydrogen) atoms. The molecule has 0 radical (unpaired) electrons. The lowest BCUT2D eigenvalue weighted by Gasteiger charge is -2.31. The minimum absolute atomic E-state index is 0.0446. The van der Waals surface area contributed by atoms with Crippen molar-refractivity contribution in [1.82, 2.24) is 19.7 Å². The number of benzene rings is 1. The molecule has 1 amide bonds. The summed E-state index contributed by atoms with van der Waals surface area (Å²) in [4.78, 5) is 19.5. The lowest BCUT2D eigenvalue weighted by atomic mass is 9.97. The first-order chi connectivity index (χ1) is 14.1. The average molecular weight is 393 g/mol. The number of carbonyl (C=O) groups is 1. The maximum atomic E-state index is 13.1. The van der Waals surface area contributed by atoms with Crippen LogP contribution in [-0.4, -0.2) is 38.7 Å². The summed E-state index contributed by atoms with van der Waals surface area (Å²) in [7, 11) is 1.85. The number of hydrogen-bond acceptors (Lipinski definition) is 4. The van der Waals surface area contributed by atoms with E-state index < -0.39 is 0 Å². The number of hydrogen-bond donors (Lipinski definition) is 0. The van der Waals surface area contributed by atoms with E-state index in [2.05, 4.69) is 29.1 Å². The minimum Gasteiger partial charge on any atom is -0.445 e. The second-order valence-corrected chi connectivity index (χ2v) is 7.81. The molecule has 1 aliphatic rings. The molecular weight excluding hydrogens is 364 g/mol. The summed E-state index contributed by atoms with van der Waals surface area (Å²) in [5.74, 6) is 1.79. The predicted molar refractivity (Wildman–Crippen MR) is 111 cm³/mol. The first-order valence-electron chi connectivity index (χ1n) is 10.4. The first-order valence-corrected chi connectivity index (χ1v) is 10.4. The molecule has 1 atom stereocenters. The first kappa shape index (κ1) is 19.4. The molecule has 0 bridgehead atoms. The van der Waals surface area contributed by atoms with Crippen LogP contribution < -0.4 is 0 Å². The summed E-state index contributed by atoms with van der Waals surface area (Å²) in [5, 5.41) is 4.47. The monoisotopic (exact) mass is 392 g/mol. The van der Waals surface area contributed by atoms with Gasteiger partial charge < -0.3 is 9.32 Å². The Morgan fingerprint density at radius 2 is 2.10 bits per heavy atom. The lowest BCUT2D eigenvalue weighted by molar-refractivity contribution is 0.0686. The molecule has 1 aromatic carbocycles. The molecule has 1 aliphatic heterocycles. The topological polar surface area (TPSA) is 64.2 Å². The van der Waals surface area contributed by atoms with Crippen LogP contribution in [0.5, 0.6) is 0 Å². The molecule has 0 unspecified atom stereocenters. The zero-order valence-electron chi connectivity index (χ0n) is 17.2. The average Bonchev–Trinajstić information content (AvgIpc) is 3.35. The van der Waals surface area contributed by atoms with Gasteiger partial charge in [0, 0.05) is 26.6 Å². The van der Waals surface area contributed by atoms with Crippen LogP contribution in [-0.2, 0) is 19.9 Å². The van der Waals surface area contributed by atoms with Gasteiger partial charge in [0.15, 0.2) is 5.89 Å². The largest absolute Gasteiger partial charge is 0.445 e. The summed E-state index contributed by atoms with van der Waals surface area (Å²) >= 11 is 0. The maximum Gasteiger partial charge on any atom is 0.272 e. The number of oxazole rings is 1. The van der Waals surface area contributed by atoms with Crippen molar-refractivity contribution in [2.45, 2.75) is 44.9 Å². The Hall–Kier alpha value is -2.89. The van der Waals surface area contributed by atoms with Crippen molar-refractivity contribution in [2.24, 2.45) is 7.05 Å². The molecule has 2 aromatic heterocycles. The molecule has 0 spiro atoms. The van der Waals surface area contributed by atoms with Crippen LogP contribution in [0.15, 0.2) is 47.0 Å². The van der Waals surface area contributed by atoms with Crippen molar-refractivity contribution in [1.29, 1.82) is 0 Å². The van der Waals surface area contributed by atoms with Crippen LogP contribution in [0.4, 0.5) is 0 Å². The Balaban J connectivity index is 1.44. The summed E-state index contributed by atoms with van der Waals surface area (Å²) in [6.07, 6.45) is 6.41. The molecule has 0 N–H and O–H groups in total. The highest BCUT2D eigenvalue weighted by molar-refractivity contribution is 5.92. The summed E-state index contributed by atoms with van der Waals surface area (Å²) in [5.41, 5.74) is 2.84. The summed E-state index contributed by atoms with van der Waals surface area (Å²) in [6, 6.07) is 12.2. The molecule has 4 rings (SSSR count). The van der Waals surface area contributed by atoms with E-state index in [1.807, 2.05) is 42.4 Å². The third kappa shape index (κ3) is 4.42. The number of carbonyl (C=O) groups excluding carboxylic acids is 1. The summed E-state index contributed by atoms with van der Waals surface area (Å²) in [6.45, 7) is 3.52. The van der Waals surface area contributed by atoms with Gasteiger partial charge in [0.2, 0.25) is 0 Å². The second kappa shape index (κ2) is 8.64. The normalized spacial score (nSPS) is 16.9. The quantitative estimate of drug-likeness (QED) is 0.637. The number of rotatable bonds is 6. The van der Waals surface area contributed by atoms with Gasteiger partial charge in [0.25, 0.3) is 5.91 Å². The van der Waals surface area contributed by atoms with Crippen LogP contribution in [0.25, 0.3) is 0 Å². The van der Waals surface area contributed by atoms with Gasteiger partial charge in [-0.2, -0.15) is 5.10 Å². The van der Waals surface area contributed by atoms with Gasteiger partial charge in [-0.05, 0) is 30.9 Å². The Morgan fingerprint density at radius 3 is 2.90 bits per heavy atom. The van der Waals surface area contributed by atoms with Gasteiger partial charge in [-0.25, -0.2) is 4.98 Å². The molecular formula is C23H28N4O2. The Bertz CT molecular complexity index is 960. The number of piperidine rings is 1. The maximum absolute atomic E-state index is 13.1. The Morgan fingerprint density at radius 1 is 1.28 bits per heavy atom. The fourth-order valence-corrected chi connectivity index (χ4v) is 4.02. The van der Waals surface area contributed by atoms with Crippen LogP contribution in [0.1, 0.15) is 65.5 Å². The zero-order chi connectivity index (χ0) is 20.2. The number of aryl methyl sites for hydroxylation is 2. The van der Waals surface area contributed by atoms with Crippen LogP contribution >= 0.6 is 0 Å². The third-order valence-corrected chi connectivity index (χ3v) is 5.51. The highest BCUT2D eigenvalue weighted by Gasteiger charge is 2.29. The van der Waals surface area contributed by atoms with Crippen LogP contribution in [0.3, 0.4) is 0 Å². The molecule has 0 aliphatic carbocycles. The fraction of sp³-hybridized carbons (Fsp3) is 0.435. The molecule has 152 valence electrons. The standard InChI is InChI=1S/C23H28N4O2/c1-3-8-19-14-21(26(2)25-19)23(28)27-12-7-11-18(16-27)22-24-15-20(29-22)13-17-9-5-4-6-10-17/h4-6,9-10,14-15,18H,3,7-8,11-13,16H2,1-2H3/t18-/m0/s1. The number of aromatic nitrogens is 3. The van der Waals surface area contributed by atoms with E-state index in [-0.39, 0.29) is 11.8 Å². The second-order valence-electron chi connectivity index (χ2n) is 7.81.